The summed E-state index contributed by atoms with van der Waals surface area (Å²) in [4.78, 5) is 6.71. The monoisotopic (exact) mass is 276 g/mol. The highest BCUT2D eigenvalue weighted by Gasteiger charge is 2.20. The standard InChI is InChI=1S/C11H20N4O2.ClH/c1-9-7-12-4-5-15(9)8-11-13-10(14-17-11)3-6-16-2;/h9,12H,3-8H2,1-2H3;1H/t9-;/m0./s1. The molecule has 104 valence electrons. The van der Waals surface area contributed by atoms with Crippen LogP contribution in [-0.2, 0) is 17.7 Å². The molecular weight excluding hydrogens is 256 g/mol. The Morgan fingerprint density at radius 3 is 3.11 bits per heavy atom. The number of ether oxygens (including phenoxy) is 1. The van der Waals surface area contributed by atoms with Crippen LogP contribution in [0, 0.1) is 0 Å². The van der Waals surface area contributed by atoms with Gasteiger partial charge in [-0.3, -0.25) is 4.90 Å². The van der Waals surface area contributed by atoms with Gasteiger partial charge in [-0.2, -0.15) is 4.98 Å². The van der Waals surface area contributed by atoms with Crippen LogP contribution in [0.1, 0.15) is 18.6 Å². The number of aromatic nitrogens is 2. The summed E-state index contributed by atoms with van der Waals surface area (Å²) in [6, 6.07) is 0.512. The van der Waals surface area contributed by atoms with E-state index in [1.54, 1.807) is 7.11 Å². The maximum Gasteiger partial charge on any atom is 0.240 e. The lowest BCUT2D eigenvalue weighted by Crippen LogP contribution is -2.49. The zero-order chi connectivity index (χ0) is 12.1. The molecule has 18 heavy (non-hydrogen) atoms. The van der Waals surface area contributed by atoms with E-state index in [1.807, 2.05) is 0 Å². The van der Waals surface area contributed by atoms with E-state index in [4.69, 9.17) is 9.26 Å². The van der Waals surface area contributed by atoms with Crippen molar-refractivity contribution in [2.75, 3.05) is 33.4 Å². The maximum absolute atomic E-state index is 5.23. The third-order valence-corrected chi connectivity index (χ3v) is 3.02. The third kappa shape index (κ3) is 4.20. The van der Waals surface area contributed by atoms with E-state index in [-0.39, 0.29) is 12.4 Å². The van der Waals surface area contributed by atoms with E-state index in [9.17, 15) is 0 Å². The fourth-order valence-electron chi connectivity index (χ4n) is 1.94. The Morgan fingerprint density at radius 2 is 2.39 bits per heavy atom. The minimum atomic E-state index is 0. The van der Waals surface area contributed by atoms with Gasteiger partial charge < -0.3 is 14.6 Å². The smallest absolute Gasteiger partial charge is 0.240 e. The largest absolute Gasteiger partial charge is 0.384 e. The predicted octanol–water partition coefficient (Wildman–Crippen LogP) is 0.474. The van der Waals surface area contributed by atoms with Gasteiger partial charge in [-0.25, -0.2) is 0 Å². The average Bonchev–Trinajstić information content (AvgIpc) is 2.77. The van der Waals surface area contributed by atoms with Gasteiger partial charge in [0.2, 0.25) is 5.89 Å². The molecule has 1 aromatic rings. The normalized spacial score (nSPS) is 20.7. The first-order valence-corrected chi connectivity index (χ1v) is 6.04. The number of hydrogen-bond acceptors (Lipinski definition) is 6. The molecule has 0 saturated carbocycles. The van der Waals surface area contributed by atoms with Crippen LogP contribution in [0.5, 0.6) is 0 Å². The highest BCUT2D eigenvalue weighted by atomic mass is 35.5. The molecule has 1 atom stereocenters. The first-order valence-electron chi connectivity index (χ1n) is 6.04. The number of nitrogens with zero attached hydrogens (tertiary/aromatic N) is 3. The van der Waals surface area contributed by atoms with Crippen molar-refractivity contribution in [3.05, 3.63) is 11.7 Å². The summed E-state index contributed by atoms with van der Waals surface area (Å²) in [6.07, 6.45) is 0.705. The molecule has 7 heteroatoms. The number of piperazine rings is 1. The molecule has 1 aromatic heterocycles. The lowest BCUT2D eigenvalue weighted by atomic mass is 10.2. The van der Waals surface area contributed by atoms with Gasteiger partial charge in [-0.1, -0.05) is 5.16 Å². The fraction of sp³-hybridized carbons (Fsp3) is 0.818. The van der Waals surface area contributed by atoms with Crippen molar-refractivity contribution in [2.45, 2.75) is 25.9 Å². The van der Waals surface area contributed by atoms with Gasteiger partial charge >= 0.3 is 0 Å². The zero-order valence-corrected chi connectivity index (χ0v) is 11.7. The Hall–Kier alpha value is -0.690. The van der Waals surface area contributed by atoms with Crippen molar-refractivity contribution >= 4 is 12.4 Å². The first-order chi connectivity index (χ1) is 8.29. The van der Waals surface area contributed by atoms with Crippen LogP contribution in [0.2, 0.25) is 0 Å². The van der Waals surface area contributed by atoms with Crippen LogP contribution in [0.4, 0.5) is 0 Å². The van der Waals surface area contributed by atoms with Gasteiger partial charge in [-0.15, -0.1) is 12.4 Å². The number of rotatable bonds is 5. The fourth-order valence-corrected chi connectivity index (χ4v) is 1.94. The van der Waals surface area contributed by atoms with Crippen LogP contribution in [0.3, 0.4) is 0 Å². The zero-order valence-electron chi connectivity index (χ0n) is 10.9. The van der Waals surface area contributed by atoms with E-state index in [0.29, 0.717) is 25.0 Å². The molecule has 1 aliphatic heterocycles. The van der Waals surface area contributed by atoms with E-state index < -0.39 is 0 Å². The minimum Gasteiger partial charge on any atom is -0.384 e. The number of hydrogen-bond donors (Lipinski definition) is 1. The summed E-state index contributed by atoms with van der Waals surface area (Å²) < 4.78 is 10.2. The molecule has 1 aliphatic rings. The van der Waals surface area contributed by atoms with Crippen molar-refractivity contribution in [3.63, 3.8) is 0 Å². The summed E-state index contributed by atoms with van der Waals surface area (Å²) >= 11 is 0. The van der Waals surface area contributed by atoms with Crippen molar-refractivity contribution in [1.29, 1.82) is 0 Å². The molecule has 2 rings (SSSR count). The topological polar surface area (TPSA) is 63.4 Å². The van der Waals surface area contributed by atoms with Crippen molar-refractivity contribution in [2.24, 2.45) is 0 Å². The van der Waals surface area contributed by atoms with Crippen LogP contribution in [0.25, 0.3) is 0 Å². The molecule has 1 saturated heterocycles. The molecule has 0 aliphatic carbocycles. The quantitative estimate of drug-likeness (QED) is 0.844. The Balaban J connectivity index is 0.00000162. The Kier molecular flexibility index (Phi) is 6.56. The molecule has 0 radical (unpaired) electrons. The number of nitrogens with one attached hydrogen (secondary N) is 1. The lowest BCUT2D eigenvalue weighted by Gasteiger charge is -2.32. The first kappa shape index (κ1) is 15.4. The van der Waals surface area contributed by atoms with Crippen LogP contribution < -0.4 is 5.32 Å². The minimum absolute atomic E-state index is 0. The highest BCUT2D eigenvalue weighted by molar-refractivity contribution is 5.85. The van der Waals surface area contributed by atoms with E-state index in [2.05, 4.69) is 27.3 Å². The van der Waals surface area contributed by atoms with Gasteiger partial charge in [0.05, 0.1) is 13.2 Å². The molecule has 0 bridgehead atoms. The van der Waals surface area contributed by atoms with Crippen LogP contribution in [-0.4, -0.2) is 54.4 Å². The summed E-state index contributed by atoms with van der Waals surface area (Å²) in [5, 5.41) is 7.29. The molecule has 0 spiro atoms. The number of halogens is 1. The van der Waals surface area contributed by atoms with Gasteiger partial charge in [0.15, 0.2) is 5.82 Å². The molecule has 0 amide bonds. The molecule has 2 heterocycles. The van der Waals surface area contributed by atoms with Crippen molar-refractivity contribution in [3.8, 4) is 0 Å². The average molecular weight is 277 g/mol. The molecular formula is C11H21ClN4O2. The summed E-state index contributed by atoms with van der Waals surface area (Å²) in [5.41, 5.74) is 0. The Bertz CT molecular complexity index is 348. The number of methoxy groups -OCH3 is 1. The van der Waals surface area contributed by atoms with Crippen LogP contribution in [0.15, 0.2) is 4.52 Å². The highest BCUT2D eigenvalue weighted by Crippen LogP contribution is 2.08. The van der Waals surface area contributed by atoms with E-state index in [0.717, 1.165) is 32.0 Å². The predicted molar refractivity (Wildman–Crippen MR) is 69.9 cm³/mol. The third-order valence-electron chi connectivity index (χ3n) is 3.02. The second-order valence-electron chi connectivity index (χ2n) is 4.37. The molecule has 1 N–H and O–H groups in total. The molecule has 6 nitrogen and oxygen atoms in total. The second-order valence-corrected chi connectivity index (χ2v) is 4.37. The van der Waals surface area contributed by atoms with Crippen molar-refractivity contribution in [1.82, 2.24) is 20.4 Å². The summed E-state index contributed by atoms with van der Waals surface area (Å²) in [7, 11) is 1.67. The Labute approximate surface area is 113 Å². The van der Waals surface area contributed by atoms with Gasteiger partial charge in [-0.05, 0) is 6.92 Å². The SMILES string of the molecule is COCCc1noc(CN2CCNC[C@@H]2C)n1.Cl. The summed E-state index contributed by atoms with van der Waals surface area (Å²) in [5.74, 6) is 1.43. The molecule has 0 aromatic carbocycles. The van der Waals surface area contributed by atoms with Crippen LogP contribution >= 0.6 is 12.4 Å². The van der Waals surface area contributed by atoms with Gasteiger partial charge in [0, 0.05) is 39.2 Å². The molecule has 0 unspecified atom stereocenters. The van der Waals surface area contributed by atoms with Gasteiger partial charge in [0.1, 0.15) is 0 Å². The summed E-state index contributed by atoms with van der Waals surface area (Å²) in [6.45, 7) is 6.64. The second kappa shape index (κ2) is 7.68. The maximum atomic E-state index is 5.23. The van der Waals surface area contributed by atoms with E-state index in [1.165, 1.54) is 0 Å². The van der Waals surface area contributed by atoms with Gasteiger partial charge in [0.25, 0.3) is 0 Å². The lowest BCUT2D eigenvalue weighted by molar-refractivity contribution is 0.146. The Morgan fingerprint density at radius 1 is 1.56 bits per heavy atom. The molecule has 1 fully saturated rings. The van der Waals surface area contributed by atoms with Crippen molar-refractivity contribution < 1.29 is 9.26 Å². The van der Waals surface area contributed by atoms with E-state index >= 15 is 0 Å².